The molecule has 0 unspecified atom stereocenters. The van der Waals surface area contributed by atoms with Crippen LogP contribution < -0.4 is 5.73 Å². The van der Waals surface area contributed by atoms with E-state index in [1.807, 2.05) is 36.7 Å². The molecule has 6 heteroatoms. The SMILES string of the molecule is Cc1nnc(Sc2cc(Br)ccc2N)n1C. The van der Waals surface area contributed by atoms with Crippen LogP contribution in [0.2, 0.25) is 0 Å². The molecule has 0 aliphatic rings. The number of nitrogens with zero attached hydrogens (tertiary/aromatic N) is 3. The van der Waals surface area contributed by atoms with Gasteiger partial charge in [0.15, 0.2) is 5.16 Å². The zero-order valence-corrected chi connectivity index (χ0v) is 11.3. The summed E-state index contributed by atoms with van der Waals surface area (Å²) in [4.78, 5) is 0.977. The van der Waals surface area contributed by atoms with Crippen LogP contribution in [0.1, 0.15) is 5.82 Å². The Morgan fingerprint density at radius 2 is 2.12 bits per heavy atom. The van der Waals surface area contributed by atoms with Crippen molar-refractivity contribution in [2.24, 2.45) is 7.05 Å². The van der Waals surface area contributed by atoms with Gasteiger partial charge in [-0.15, -0.1) is 10.2 Å². The van der Waals surface area contributed by atoms with Crippen molar-refractivity contribution in [3.05, 3.63) is 28.5 Å². The van der Waals surface area contributed by atoms with Gasteiger partial charge in [-0.05, 0) is 36.9 Å². The summed E-state index contributed by atoms with van der Waals surface area (Å²) in [5, 5.41) is 8.93. The van der Waals surface area contributed by atoms with Crippen LogP contribution in [0.25, 0.3) is 0 Å². The Balaban J connectivity index is 2.33. The molecule has 84 valence electrons. The average molecular weight is 299 g/mol. The molecule has 0 saturated carbocycles. The van der Waals surface area contributed by atoms with Crippen LogP contribution >= 0.6 is 27.7 Å². The van der Waals surface area contributed by atoms with Crippen LogP contribution in [-0.4, -0.2) is 14.8 Å². The molecular formula is C10H11BrN4S. The topological polar surface area (TPSA) is 56.7 Å². The maximum absolute atomic E-state index is 5.90. The highest BCUT2D eigenvalue weighted by Crippen LogP contribution is 2.32. The molecule has 0 radical (unpaired) electrons. The first-order chi connectivity index (χ1) is 7.58. The first-order valence-electron chi connectivity index (χ1n) is 4.67. The lowest BCUT2D eigenvalue weighted by Crippen LogP contribution is -1.94. The lowest BCUT2D eigenvalue weighted by molar-refractivity contribution is 0.766. The summed E-state index contributed by atoms with van der Waals surface area (Å²) in [6, 6.07) is 5.76. The second kappa shape index (κ2) is 4.47. The van der Waals surface area contributed by atoms with E-state index in [1.54, 1.807) is 0 Å². The highest BCUT2D eigenvalue weighted by molar-refractivity contribution is 9.10. The number of aromatic nitrogens is 3. The molecule has 0 amide bonds. The van der Waals surface area contributed by atoms with E-state index in [0.29, 0.717) is 0 Å². The number of hydrogen-bond donors (Lipinski definition) is 1. The van der Waals surface area contributed by atoms with Crippen molar-refractivity contribution in [3.63, 3.8) is 0 Å². The van der Waals surface area contributed by atoms with E-state index >= 15 is 0 Å². The maximum atomic E-state index is 5.90. The molecule has 0 aliphatic heterocycles. The number of hydrogen-bond acceptors (Lipinski definition) is 4. The Morgan fingerprint density at radius 3 is 2.75 bits per heavy atom. The standard InChI is InChI=1S/C10H11BrN4S/c1-6-13-14-10(15(6)2)16-9-5-7(11)3-4-8(9)12/h3-5H,12H2,1-2H3. The molecule has 0 bridgehead atoms. The maximum Gasteiger partial charge on any atom is 0.195 e. The molecule has 16 heavy (non-hydrogen) atoms. The predicted octanol–water partition coefficient (Wildman–Crippen LogP) is 2.62. The van der Waals surface area contributed by atoms with Gasteiger partial charge in [0.1, 0.15) is 5.82 Å². The number of anilines is 1. The highest BCUT2D eigenvalue weighted by atomic mass is 79.9. The van der Waals surface area contributed by atoms with Crippen molar-refractivity contribution in [1.29, 1.82) is 0 Å². The van der Waals surface area contributed by atoms with E-state index in [9.17, 15) is 0 Å². The van der Waals surface area contributed by atoms with Crippen LogP contribution in [0.4, 0.5) is 5.69 Å². The first-order valence-corrected chi connectivity index (χ1v) is 6.28. The van der Waals surface area contributed by atoms with Crippen molar-refractivity contribution in [1.82, 2.24) is 14.8 Å². The van der Waals surface area contributed by atoms with Crippen molar-refractivity contribution in [3.8, 4) is 0 Å². The van der Waals surface area contributed by atoms with Gasteiger partial charge in [-0.3, -0.25) is 0 Å². The lowest BCUT2D eigenvalue weighted by atomic mass is 10.3. The van der Waals surface area contributed by atoms with E-state index < -0.39 is 0 Å². The molecule has 1 aromatic carbocycles. The van der Waals surface area contributed by atoms with Gasteiger partial charge >= 0.3 is 0 Å². The highest BCUT2D eigenvalue weighted by Gasteiger charge is 2.09. The fourth-order valence-electron chi connectivity index (χ4n) is 1.17. The second-order valence-corrected chi connectivity index (χ2v) is 5.30. The molecule has 0 aliphatic carbocycles. The first kappa shape index (κ1) is 11.5. The zero-order chi connectivity index (χ0) is 11.7. The fraction of sp³-hybridized carbons (Fsp3) is 0.200. The van der Waals surface area contributed by atoms with E-state index in [0.717, 1.165) is 26.0 Å². The van der Waals surface area contributed by atoms with Gasteiger partial charge in [-0.2, -0.15) is 0 Å². The third-order valence-corrected chi connectivity index (χ3v) is 3.83. The third kappa shape index (κ3) is 2.22. The van der Waals surface area contributed by atoms with Gasteiger partial charge in [-0.1, -0.05) is 15.9 Å². The summed E-state index contributed by atoms with van der Waals surface area (Å²) in [6.45, 7) is 1.92. The Labute approximate surface area is 106 Å². The number of benzene rings is 1. The van der Waals surface area contributed by atoms with E-state index in [1.165, 1.54) is 11.8 Å². The minimum atomic E-state index is 0.744. The van der Waals surface area contributed by atoms with Gasteiger partial charge < -0.3 is 10.3 Å². The molecule has 0 saturated heterocycles. The summed E-state index contributed by atoms with van der Waals surface area (Å²) in [5.74, 6) is 0.885. The van der Waals surface area contributed by atoms with Gasteiger partial charge in [-0.25, -0.2) is 0 Å². The summed E-state index contributed by atoms with van der Waals surface area (Å²) >= 11 is 4.93. The third-order valence-electron chi connectivity index (χ3n) is 2.23. The van der Waals surface area contributed by atoms with Gasteiger partial charge in [0.25, 0.3) is 0 Å². The van der Waals surface area contributed by atoms with Crippen molar-refractivity contribution < 1.29 is 0 Å². The molecule has 0 spiro atoms. The monoisotopic (exact) mass is 298 g/mol. The van der Waals surface area contributed by atoms with Gasteiger partial charge in [0.2, 0.25) is 0 Å². The summed E-state index contributed by atoms with van der Waals surface area (Å²) in [6.07, 6.45) is 0. The zero-order valence-electron chi connectivity index (χ0n) is 8.94. The minimum absolute atomic E-state index is 0.744. The quantitative estimate of drug-likeness (QED) is 0.866. The number of nitrogens with two attached hydrogens (primary N) is 1. The average Bonchev–Trinajstić information content (AvgIpc) is 2.55. The van der Waals surface area contributed by atoms with Crippen LogP contribution in [-0.2, 0) is 7.05 Å². The molecule has 1 aromatic heterocycles. The normalized spacial score (nSPS) is 10.7. The number of halogens is 1. The van der Waals surface area contributed by atoms with Crippen LogP contribution in [0, 0.1) is 6.92 Å². The summed E-state index contributed by atoms with van der Waals surface area (Å²) in [7, 11) is 1.94. The minimum Gasteiger partial charge on any atom is -0.398 e. The van der Waals surface area contributed by atoms with Crippen molar-refractivity contribution in [2.75, 3.05) is 5.73 Å². The van der Waals surface area contributed by atoms with Crippen molar-refractivity contribution >= 4 is 33.4 Å². The van der Waals surface area contributed by atoms with Crippen LogP contribution in [0.3, 0.4) is 0 Å². The van der Waals surface area contributed by atoms with Crippen LogP contribution in [0.15, 0.2) is 32.7 Å². The fourth-order valence-corrected chi connectivity index (χ4v) is 2.60. The number of nitrogen functional groups attached to an aromatic ring is 1. The molecule has 2 aromatic rings. The predicted molar refractivity (Wildman–Crippen MR) is 68.4 cm³/mol. The van der Waals surface area contributed by atoms with Crippen molar-refractivity contribution in [2.45, 2.75) is 17.0 Å². The molecule has 1 heterocycles. The van der Waals surface area contributed by atoms with E-state index in [4.69, 9.17) is 5.73 Å². The smallest absolute Gasteiger partial charge is 0.195 e. The Kier molecular flexibility index (Phi) is 3.20. The van der Waals surface area contributed by atoms with Crippen LogP contribution in [0.5, 0.6) is 0 Å². The molecule has 4 nitrogen and oxygen atoms in total. The summed E-state index contributed by atoms with van der Waals surface area (Å²) < 4.78 is 2.94. The lowest BCUT2D eigenvalue weighted by Gasteiger charge is -2.05. The van der Waals surface area contributed by atoms with E-state index in [2.05, 4.69) is 26.1 Å². The number of aryl methyl sites for hydroxylation is 1. The molecule has 2 rings (SSSR count). The molecule has 0 fully saturated rings. The Hall–Kier alpha value is -1.01. The molecule has 0 atom stereocenters. The van der Waals surface area contributed by atoms with E-state index in [-0.39, 0.29) is 0 Å². The molecule has 2 N–H and O–H groups in total. The van der Waals surface area contributed by atoms with Gasteiger partial charge in [0, 0.05) is 22.1 Å². The van der Waals surface area contributed by atoms with Gasteiger partial charge in [0.05, 0.1) is 0 Å². The largest absolute Gasteiger partial charge is 0.398 e. The Morgan fingerprint density at radius 1 is 1.38 bits per heavy atom. The second-order valence-electron chi connectivity index (χ2n) is 3.37. The molecular weight excluding hydrogens is 288 g/mol. The summed E-state index contributed by atoms with van der Waals surface area (Å²) in [5.41, 5.74) is 6.64. The Bertz CT molecular complexity index is 524. The number of rotatable bonds is 2.